The average molecular weight is 173 g/mol. The summed E-state index contributed by atoms with van der Waals surface area (Å²) in [6.07, 6.45) is 7.48. The Kier molecular flexibility index (Phi) is 9.42. The van der Waals surface area contributed by atoms with Gasteiger partial charge in [0.25, 0.3) is 0 Å². The van der Waals surface area contributed by atoms with Crippen molar-refractivity contribution in [3.05, 3.63) is 0 Å². The van der Waals surface area contributed by atoms with Gasteiger partial charge < -0.3 is 4.79 Å². The van der Waals surface area contributed by atoms with Crippen LogP contribution in [0.25, 0.3) is 0 Å². The third kappa shape index (κ3) is 9.69. The number of aliphatic imine (C=N–C) groups is 1. The van der Waals surface area contributed by atoms with E-state index in [1.807, 2.05) is 6.21 Å². The summed E-state index contributed by atoms with van der Waals surface area (Å²) < 4.78 is 0. The van der Waals surface area contributed by atoms with Gasteiger partial charge in [-0.3, -0.25) is 4.99 Å². The maximum Gasteiger partial charge on any atom is 0.120 e. The number of thioether (sulfide) groups is 1. The third-order valence-electron chi connectivity index (χ3n) is 1.21. The number of unbranched alkanes of at least 4 members (excludes halogenated alkanes) is 2. The van der Waals surface area contributed by atoms with Gasteiger partial charge in [0.15, 0.2) is 0 Å². The predicted octanol–water partition coefficient (Wildman–Crippen LogP) is 1.79. The van der Waals surface area contributed by atoms with E-state index >= 15 is 0 Å². The minimum atomic E-state index is 0.661. The molecule has 0 aromatic heterocycles. The van der Waals surface area contributed by atoms with Gasteiger partial charge in [-0.1, -0.05) is 0 Å². The Bertz CT molecular complexity index is 115. The second-order valence-electron chi connectivity index (χ2n) is 2.18. The largest absolute Gasteiger partial charge is 0.303 e. The van der Waals surface area contributed by atoms with Crippen LogP contribution in [0.3, 0.4) is 0 Å². The lowest BCUT2D eigenvalue weighted by atomic mass is 10.3. The van der Waals surface area contributed by atoms with Crippen LogP contribution in [-0.2, 0) is 4.79 Å². The second-order valence-corrected chi connectivity index (χ2v) is 3.16. The van der Waals surface area contributed by atoms with Crippen LogP contribution in [-0.4, -0.2) is 31.1 Å². The fourth-order valence-electron chi connectivity index (χ4n) is 0.619. The molecule has 0 rings (SSSR count). The lowest BCUT2D eigenvalue weighted by Crippen LogP contribution is -1.85. The average Bonchev–Trinajstić information content (AvgIpc) is 2.03. The summed E-state index contributed by atoms with van der Waals surface area (Å²) in [7, 11) is 0. The van der Waals surface area contributed by atoms with E-state index in [0.717, 1.165) is 31.4 Å². The van der Waals surface area contributed by atoms with Gasteiger partial charge in [-0.25, -0.2) is 0 Å². The highest BCUT2D eigenvalue weighted by Gasteiger charge is 1.82. The van der Waals surface area contributed by atoms with Crippen molar-refractivity contribution in [3.8, 4) is 0 Å². The molecule has 0 spiro atoms. The summed E-state index contributed by atoms with van der Waals surface area (Å²) in [5.74, 6) is 1.09. The summed E-state index contributed by atoms with van der Waals surface area (Å²) >= 11 is 1.80. The molecule has 0 aromatic carbocycles. The lowest BCUT2D eigenvalue weighted by Gasteiger charge is -1.89. The van der Waals surface area contributed by atoms with Crippen molar-refractivity contribution in [3.63, 3.8) is 0 Å². The smallest absolute Gasteiger partial charge is 0.120 e. The number of rotatable bonds is 7. The van der Waals surface area contributed by atoms with Gasteiger partial charge >= 0.3 is 0 Å². The SMILES string of the molecule is CSCCN=CCCCC=O. The Labute approximate surface area is 72.5 Å². The molecule has 0 N–H and O–H groups in total. The third-order valence-corrected chi connectivity index (χ3v) is 1.80. The second kappa shape index (κ2) is 9.69. The highest BCUT2D eigenvalue weighted by Crippen LogP contribution is 1.91. The van der Waals surface area contributed by atoms with Crippen molar-refractivity contribution in [2.45, 2.75) is 19.3 Å². The number of carbonyl (C=O) groups is 1. The first-order chi connectivity index (χ1) is 5.41. The maximum absolute atomic E-state index is 9.89. The molecule has 0 amide bonds. The Hall–Kier alpha value is -0.310. The Balaban J connectivity index is 2.97. The van der Waals surface area contributed by atoms with E-state index < -0.39 is 0 Å². The van der Waals surface area contributed by atoms with Gasteiger partial charge in [-0.2, -0.15) is 11.8 Å². The first-order valence-electron chi connectivity index (χ1n) is 3.82. The summed E-state index contributed by atoms with van der Waals surface area (Å²) in [5, 5.41) is 0. The first-order valence-corrected chi connectivity index (χ1v) is 5.22. The van der Waals surface area contributed by atoms with E-state index in [2.05, 4.69) is 11.2 Å². The summed E-state index contributed by atoms with van der Waals surface area (Å²) in [6, 6.07) is 0. The number of hydrogen-bond acceptors (Lipinski definition) is 3. The van der Waals surface area contributed by atoms with E-state index in [9.17, 15) is 4.79 Å². The minimum Gasteiger partial charge on any atom is -0.303 e. The monoisotopic (exact) mass is 173 g/mol. The van der Waals surface area contributed by atoms with Crippen LogP contribution in [0.15, 0.2) is 4.99 Å². The molecule has 0 bridgehead atoms. The van der Waals surface area contributed by atoms with Gasteiger partial charge in [0.2, 0.25) is 0 Å². The Morgan fingerprint density at radius 3 is 2.91 bits per heavy atom. The normalized spacial score (nSPS) is 10.6. The van der Waals surface area contributed by atoms with Crippen LogP contribution in [0, 0.1) is 0 Å². The topological polar surface area (TPSA) is 29.4 Å². The van der Waals surface area contributed by atoms with E-state index in [0.29, 0.717) is 6.42 Å². The molecule has 0 saturated heterocycles. The van der Waals surface area contributed by atoms with Crippen molar-refractivity contribution in [1.82, 2.24) is 0 Å². The van der Waals surface area contributed by atoms with Crippen molar-refractivity contribution in [2.24, 2.45) is 4.99 Å². The van der Waals surface area contributed by atoms with Crippen LogP contribution in [0.4, 0.5) is 0 Å². The molecule has 11 heavy (non-hydrogen) atoms. The molecule has 0 heterocycles. The van der Waals surface area contributed by atoms with Crippen molar-refractivity contribution in [1.29, 1.82) is 0 Å². The molecule has 0 aliphatic carbocycles. The molecule has 0 saturated carbocycles. The molecule has 0 aliphatic rings. The zero-order valence-corrected chi connectivity index (χ0v) is 7.77. The molecule has 0 radical (unpaired) electrons. The zero-order chi connectivity index (χ0) is 8.36. The Morgan fingerprint density at radius 1 is 1.45 bits per heavy atom. The van der Waals surface area contributed by atoms with E-state index in [1.165, 1.54) is 0 Å². The molecule has 0 fully saturated rings. The number of carbonyl (C=O) groups excluding carboxylic acids is 1. The molecule has 3 heteroatoms. The van der Waals surface area contributed by atoms with Gasteiger partial charge in [-0.15, -0.1) is 0 Å². The fraction of sp³-hybridized carbons (Fsp3) is 0.750. The van der Waals surface area contributed by atoms with E-state index in [-0.39, 0.29) is 0 Å². The van der Waals surface area contributed by atoms with Gasteiger partial charge in [0.1, 0.15) is 6.29 Å². The van der Waals surface area contributed by atoms with Crippen LogP contribution in [0.1, 0.15) is 19.3 Å². The Morgan fingerprint density at radius 2 is 2.27 bits per heavy atom. The van der Waals surface area contributed by atoms with Crippen molar-refractivity contribution >= 4 is 24.3 Å². The quantitative estimate of drug-likeness (QED) is 0.334. The summed E-state index contributed by atoms with van der Waals surface area (Å²) in [5.41, 5.74) is 0. The standard InChI is InChI=1S/C8H15NOS/c1-11-8-6-9-5-3-2-4-7-10/h5,7H,2-4,6,8H2,1H3. The van der Waals surface area contributed by atoms with E-state index in [4.69, 9.17) is 0 Å². The molecule has 64 valence electrons. The molecule has 2 nitrogen and oxygen atoms in total. The summed E-state index contributed by atoms with van der Waals surface area (Å²) in [4.78, 5) is 14.1. The number of hydrogen-bond donors (Lipinski definition) is 0. The highest BCUT2D eigenvalue weighted by molar-refractivity contribution is 7.98. The summed E-state index contributed by atoms with van der Waals surface area (Å²) in [6.45, 7) is 0.905. The predicted molar refractivity (Wildman–Crippen MR) is 51.7 cm³/mol. The van der Waals surface area contributed by atoms with Crippen molar-refractivity contribution < 1.29 is 4.79 Å². The highest BCUT2D eigenvalue weighted by atomic mass is 32.2. The van der Waals surface area contributed by atoms with Gasteiger partial charge in [-0.05, 0) is 25.3 Å². The molecular weight excluding hydrogens is 158 g/mol. The van der Waals surface area contributed by atoms with Gasteiger partial charge in [0.05, 0.1) is 0 Å². The van der Waals surface area contributed by atoms with Crippen LogP contribution in [0.2, 0.25) is 0 Å². The van der Waals surface area contributed by atoms with Crippen LogP contribution in [0.5, 0.6) is 0 Å². The minimum absolute atomic E-state index is 0.661. The first kappa shape index (κ1) is 10.7. The number of nitrogens with zero attached hydrogens (tertiary/aromatic N) is 1. The van der Waals surface area contributed by atoms with Crippen LogP contribution >= 0.6 is 11.8 Å². The lowest BCUT2D eigenvalue weighted by molar-refractivity contribution is -0.107. The molecule has 0 unspecified atom stereocenters. The van der Waals surface area contributed by atoms with Crippen LogP contribution < -0.4 is 0 Å². The molecular formula is C8H15NOS. The van der Waals surface area contributed by atoms with E-state index in [1.54, 1.807) is 11.8 Å². The zero-order valence-electron chi connectivity index (χ0n) is 6.95. The maximum atomic E-state index is 9.89. The molecule has 0 aromatic rings. The van der Waals surface area contributed by atoms with Crippen molar-refractivity contribution in [2.75, 3.05) is 18.6 Å². The van der Waals surface area contributed by atoms with Gasteiger partial charge in [0, 0.05) is 18.7 Å². The fourth-order valence-corrected chi connectivity index (χ4v) is 0.907. The molecule has 0 atom stereocenters. The number of aldehydes is 1. The molecule has 0 aliphatic heterocycles.